The van der Waals surface area contributed by atoms with E-state index in [0.717, 1.165) is 58.2 Å². The van der Waals surface area contributed by atoms with Gasteiger partial charge in [-0.3, -0.25) is 4.79 Å². The Bertz CT molecular complexity index is 771. The van der Waals surface area contributed by atoms with Crippen molar-refractivity contribution in [3.63, 3.8) is 0 Å². The summed E-state index contributed by atoms with van der Waals surface area (Å²) in [5, 5.41) is 3.01. The number of hydrogen-bond donors (Lipinski definition) is 1. The highest BCUT2D eigenvalue weighted by Crippen LogP contribution is 2.35. The van der Waals surface area contributed by atoms with Crippen LogP contribution >= 0.6 is 0 Å². The summed E-state index contributed by atoms with van der Waals surface area (Å²) in [5.41, 5.74) is -0.214. The van der Waals surface area contributed by atoms with Crippen LogP contribution < -0.4 is 5.32 Å². The molecule has 6 heteroatoms. The van der Waals surface area contributed by atoms with Crippen molar-refractivity contribution in [1.82, 2.24) is 10.2 Å². The molecule has 5 nitrogen and oxygen atoms in total. The van der Waals surface area contributed by atoms with Crippen LogP contribution in [0.15, 0.2) is 24.3 Å². The zero-order valence-corrected chi connectivity index (χ0v) is 20.1. The highest BCUT2D eigenvalue weighted by molar-refractivity contribution is 6.00. The number of carbonyl (C=O) groups is 2. The quantitative estimate of drug-likeness (QED) is 0.579. The zero-order valence-electron chi connectivity index (χ0n) is 20.1. The fourth-order valence-electron chi connectivity index (χ4n) is 4.88. The monoisotopic (exact) mass is 446 g/mol. The minimum Gasteiger partial charge on any atom is -0.444 e. The topological polar surface area (TPSA) is 58.6 Å². The van der Waals surface area contributed by atoms with E-state index in [2.05, 4.69) is 17.1 Å². The summed E-state index contributed by atoms with van der Waals surface area (Å²) in [5.74, 6) is 0.519. The van der Waals surface area contributed by atoms with Crippen molar-refractivity contribution in [2.24, 2.45) is 11.3 Å². The third-order valence-electron chi connectivity index (χ3n) is 7.04. The first kappa shape index (κ1) is 24.7. The molecule has 0 unspecified atom stereocenters. The molecule has 0 bridgehead atoms. The van der Waals surface area contributed by atoms with Gasteiger partial charge >= 0.3 is 6.09 Å². The molecule has 1 aliphatic carbocycles. The smallest absolute Gasteiger partial charge is 0.407 e. The maximum absolute atomic E-state index is 13.2. The Labute approximate surface area is 192 Å². The Kier molecular flexibility index (Phi) is 7.97. The molecule has 3 rings (SSSR count). The maximum atomic E-state index is 13.2. The Morgan fingerprint density at radius 1 is 1.09 bits per heavy atom. The fourth-order valence-corrected chi connectivity index (χ4v) is 4.88. The predicted molar refractivity (Wildman–Crippen MR) is 124 cm³/mol. The standard InChI is InChI=1S/C26H39FN2O3/c1-25(2,3)32-24(31)28-22-11-5-19(6-12-22)13-16-29-17-14-26(4,15-18-29)23(30)20-7-9-21(27)10-8-20/h7-10,19,22H,5-6,11-18H2,1-4H3,(H,28,31). The zero-order chi connectivity index (χ0) is 23.4. The first-order valence-electron chi connectivity index (χ1n) is 12.1. The third kappa shape index (κ3) is 7.03. The number of likely N-dealkylation sites (tertiary alicyclic amines) is 1. The molecule has 1 aromatic carbocycles. The maximum Gasteiger partial charge on any atom is 0.407 e. The number of nitrogens with one attached hydrogen (secondary N) is 1. The van der Waals surface area contributed by atoms with E-state index >= 15 is 0 Å². The molecule has 1 aromatic rings. The van der Waals surface area contributed by atoms with Crippen LogP contribution in [0.25, 0.3) is 0 Å². The first-order chi connectivity index (χ1) is 15.0. The molecule has 1 heterocycles. The molecule has 0 aromatic heterocycles. The molecule has 2 fully saturated rings. The summed E-state index contributed by atoms with van der Waals surface area (Å²) in [6.45, 7) is 10.6. The summed E-state index contributed by atoms with van der Waals surface area (Å²) in [6, 6.07) is 6.15. The minimum absolute atomic E-state index is 0.132. The van der Waals surface area contributed by atoms with Crippen LogP contribution in [-0.4, -0.2) is 48.1 Å². The lowest BCUT2D eigenvalue weighted by Crippen LogP contribution is -2.43. The van der Waals surface area contributed by atoms with Gasteiger partial charge < -0.3 is 15.0 Å². The number of piperidine rings is 1. The van der Waals surface area contributed by atoms with E-state index in [4.69, 9.17) is 4.74 Å². The number of halogens is 1. The number of ether oxygens (including phenoxy) is 1. The summed E-state index contributed by atoms with van der Waals surface area (Å²) in [4.78, 5) is 27.4. The number of rotatable bonds is 6. The molecule has 2 aliphatic rings. The van der Waals surface area contributed by atoms with Crippen molar-refractivity contribution in [2.75, 3.05) is 19.6 Å². The second-order valence-corrected chi connectivity index (χ2v) is 10.9. The molecular formula is C26H39FN2O3. The van der Waals surface area contributed by atoms with Gasteiger partial charge in [-0.25, -0.2) is 9.18 Å². The molecule has 1 N–H and O–H groups in total. The Morgan fingerprint density at radius 2 is 1.69 bits per heavy atom. The van der Waals surface area contributed by atoms with Crippen molar-refractivity contribution >= 4 is 11.9 Å². The Balaban J connectivity index is 1.36. The summed E-state index contributed by atoms with van der Waals surface area (Å²) >= 11 is 0. The van der Waals surface area contributed by atoms with Crippen LogP contribution in [0, 0.1) is 17.2 Å². The average Bonchev–Trinajstić information content (AvgIpc) is 2.73. The predicted octanol–water partition coefficient (Wildman–Crippen LogP) is 5.58. The molecule has 1 amide bonds. The van der Waals surface area contributed by atoms with E-state index in [1.54, 1.807) is 12.1 Å². The number of benzene rings is 1. The van der Waals surface area contributed by atoms with E-state index in [1.165, 1.54) is 18.6 Å². The van der Waals surface area contributed by atoms with Gasteiger partial charge in [-0.05, 0) is 116 Å². The van der Waals surface area contributed by atoms with E-state index < -0.39 is 5.60 Å². The number of hydrogen-bond acceptors (Lipinski definition) is 4. The summed E-state index contributed by atoms with van der Waals surface area (Å²) < 4.78 is 18.5. The first-order valence-corrected chi connectivity index (χ1v) is 12.1. The van der Waals surface area contributed by atoms with Crippen molar-refractivity contribution in [3.8, 4) is 0 Å². The molecule has 0 atom stereocenters. The normalized spacial score (nSPS) is 24.0. The lowest BCUT2D eigenvalue weighted by molar-refractivity contribution is 0.0485. The van der Waals surface area contributed by atoms with Gasteiger partial charge in [0.2, 0.25) is 0 Å². The van der Waals surface area contributed by atoms with Gasteiger partial charge in [-0.2, -0.15) is 0 Å². The van der Waals surface area contributed by atoms with Crippen LogP contribution in [0.2, 0.25) is 0 Å². The number of carbonyl (C=O) groups excluding carboxylic acids is 2. The number of Topliss-reactive ketones (excluding diaryl/α,β-unsaturated/α-hetero) is 1. The van der Waals surface area contributed by atoms with Crippen molar-refractivity contribution in [3.05, 3.63) is 35.6 Å². The lowest BCUT2D eigenvalue weighted by atomic mass is 9.74. The molecular weight excluding hydrogens is 407 g/mol. The molecule has 178 valence electrons. The summed E-state index contributed by atoms with van der Waals surface area (Å²) in [6.07, 6.45) is 6.83. The average molecular weight is 447 g/mol. The van der Waals surface area contributed by atoms with Crippen molar-refractivity contribution in [2.45, 2.75) is 84.3 Å². The second-order valence-electron chi connectivity index (χ2n) is 10.9. The van der Waals surface area contributed by atoms with Crippen LogP contribution in [0.3, 0.4) is 0 Å². The van der Waals surface area contributed by atoms with Gasteiger partial charge in [-0.1, -0.05) is 6.92 Å². The van der Waals surface area contributed by atoms with Gasteiger partial charge in [0.15, 0.2) is 5.78 Å². The van der Waals surface area contributed by atoms with Crippen LogP contribution in [0.1, 0.15) is 83.0 Å². The van der Waals surface area contributed by atoms with Gasteiger partial charge in [0.05, 0.1) is 0 Å². The van der Waals surface area contributed by atoms with E-state index in [0.29, 0.717) is 11.5 Å². The van der Waals surface area contributed by atoms with Crippen molar-refractivity contribution < 1.29 is 18.7 Å². The highest BCUT2D eigenvalue weighted by atomic mass is 19.1. The lowest BCUT2D eigenvalue weighted by Gasteiger charge is -2.39. The van der Waals surface area contributed by atoms with Crippen molar-refractivity contribution in [1.29, 1.82) is 0 Å². The van der Waals surface area contributed by atoms with Gasteiger partial charge in [0, 0.05) is 17.0 Å². The molecule has 32 heavy (non-hydrogen) atoms. The van der Waals surface area contributed by atoms with Gasteiger partial charge in [-0.15, -0.1) is 0 Å². The molecule has 1 saturated carbocycles. The number of nitrogens with zero attached hydrogens (tertiary/aromatic N) is 1. The van der Waals surface area contributed by atoms with E-state index in [1.807, 2.05) is 20.8 Å². The molecule has 1 aliphatic heterocycles. The number of alkyl carbamates (subject to hydrolysis) is 1. The minimum atomic E-state index is -0.463. The number of ketones is 1. The second kappa shape index (κ2) is 10.3. The third-order valence-corrected chi connectivity index (χ3v) is 7.04. The molecule has 0 spiro atoms. The van der Waals surface area contributed by atoms with Gasteiger partial charge in [0.25, 0.3) is 0 Å². The SMILES string of the molecule is CC(C)(C)OC(=O)NC1CCC(CCN2CCC(C)(C(=O)c3ccc(F)cc3)CC2)CC1. The van der Waals surface area contributed by atoms with Gasteiger partial charge in [0.1, 0.15) is 11.4 Å². The largest absolute Gasteiger partial charge is 0.444 e. The van der Waals surface area contributed by atoms with Crippen LogP contribution in [0.5, 0.6) is 0 Å². The van der Waals surface area contributed by atoms with E-state index in [-0.39, 0.29) is 29.2 Å². The Hall–Kier alpha value is -1.95. The highest BCUT2D eigenvalue weighted by Gasteiger charge is 2.37. The fraction of sp³-hybridized carbons (Fsp3) is 0.692. The molecule has 0 radical (unpaired) electrons. The van der Waals surface area contributed by atoms with Crippen LogP contribution in [-0.2, 0) is 4.74 Å². The number of amides is 1. The summed E-state index contributed by atoms with van der Waals surface area (Å²) in [7, 11) is 0. The van der Waals surface area contributed by atoms with E-state index in [9.17, 15) is 14.0 Å². The molecule has 1 saturated heterocycles. The Morgan fingerprint density at radius 3 is 2.25 bits per heavy atom. The van der Waals surface area contributed by atoms with Crippen LogP contribution in [0.4, 0.5) is 9.18 Å².